The Morgan fingerprint density at radius 3 is 2.52 bits per heavy atom. The first-order valence-corrected chi connectivity index (χ1v) is 7.93. The zero-order valence-corrected chi connectivity index (χ0v) is 14.3. The van der Waals surface area contributed by atoms with Crippen LogP contribution in [0.5, 0.6) is 0 Å². The molecule has 0 spiro atoms. The van der Waals surface area contributed by atoms with Crippen molar-refractivity contribution in [1.82, 2.24) is 10.2 Å². The highest BCUT2D eigenvalue weighted by molar-refractivity contribution is 5.78. The number of aryl methyl sites for hydroxylation is 1. The molecule has 2 N–H and O–H groups in total. The quantitative estimate of drug-likeness (QED) is 0.410. The largest absolute Gasteiger partial charge is 0.465 e. The molecule has 0 aliphatic carbocycles. The van der Waals surface area contributed by atoms with Crippen LogP contribution in [0.4, 0.5) is 11.4 Å². The molecule has 134 valence electrons. The van der Waals surface area contributed by atoms with Crippen molar-refractivity contribution in [3.63, 3.8) is 0 Å². The van der Waals surface area contributed by atoms with Crippen molar-refractivity contribution in [1.29, 1.82) is 0 Å². The first-order chi connectivity index (χ1) is 11.9. The van der Waals surface area contributed by atoms with Gasteiger partial charge >= 0.3 is 0 Å². The number of hydrogen-bond donors (Lipinski definition) is 2. The third kappa shape index (κ3) is 6.27. The van der Waals surface area contributed by atoms with Gasteiger partial charge in [-0.25, -0.2) is 0 Å². The topological polar surface area (TPSA) is 101 Å². The van der Waals surface area contributed by atoms with Crippen LogP contribution in [0, 0.1) is 17.0 Å². The van der Waals surface area contributed by atoms with E-state index in [1.807, 2.05) is 31.0 Å². The predicted octanol–water partition coefficient (Wildman–Crippen LogP) is 2.16. The van der Waals surface area contributed by atoms with Crippen LogP contribution in [0.15, 0.2) is 40.8 Å². The summed E-state index contributed by atoms with van der Waals surface area (Å²) in [6.45, 7) is 3.72. The van der Waals surface area contributed by atoms with Crippen molar-refractivity contribution in [2.45, 2.75) is 13.5 Å². The monoisotopic (exact) mass is 346 g/mol. The number of non-ortho nitro benzene ring substituents is 1. The molecular weight excluding hydrogens is 324 g/mol. The maximum Gasteiger partial charge on any atom is 0.269 e. The van der Waals surface area contributed by atoms with Crippen LogP contribution in [0.1, 0.15) is 11.5 Å². The summed E-state index contributed by atoms with van der Waals surface area (Å²) in [5, 5.41) is 16.5. The first-order valence-electron chi connectivity index (χ1n) is 7.93. The third-order valence-corrected chi connectivity index (χ3v) is 3.49. The average molecular weight is 346 g/mol. The van der Waals surface area contributed by atoms with Gasteiger partial charge in [-0.3, -0.25) is 19.8 Å². The molecule has 0 unspecified atom stereocenters. The molecule has 1 aromatic heterocycles. The van der Waals surface area contributed by atoms with Crippen molar-refractivity contribution in [2.75, 3.05) is 32.0 Å². The number of nitro benzene ring substituents is 1. The van der Waals surface area contributed by atoms with Crippen LogP contribution in [0.3, 0.4) is 0 Å². The van der Waals surface area contributed by atoms with Crippen LogP contribution in [-0.4, -0.2) is 42.4 Å². The fourth-order valence-corrected chi connectivity index (χ4v) is 2.30. The Bertz CT molecular complexity index is 712. The maximum atomic E-state index is 11.9. The summed E-state index contributed by atoms with van der Waals surface area (Å²) in [6.07, 6.45) is 0. The molecule has 25 heavy (non-hydrogen) atoms. The standard InChI is InChI=1S/C17H22N4O4/c1-13-3-8-16(25-13)11-20(2)12-17(22)19-10-9-18-14-4-6-15(7-5-14)21(23)24/h3-8,18H,9-12H2,1-2H3,(H,19,22). The smallest absolute Gasteiger partial charge is 0.269 e. The van der Waals surface area contributed by atoms with E-state index in [9.17, 15) is 14.9 Å². The van der Waals surface area contributed by atoms with Gasteiger partial charge in [0.25, 0.3) is 5.69 Å². The second-order valence-corrected chi connectivity index (χ2v) is 5.77. The van der Waals surface area contributed by atoms with Crippen LogP contribution in [0.25, 0.3) is 0 Å². The Hall–Kier alpha value is -2.87. The summed E-state index contributed by atoms with van der Waals surface area (Å²) < 4.78 is 5.48. The average Bonchev–Trinajstić information content (AvgIpc) is 2.96. The lowest BCUT2D eigenvalue weighted by molar-refractivity contribution is -0.384. The van der Waals surface area contributed by atoms with Crippen LogP contribution >= 0.6 is 0 Å². The third-order valence-electron chi connectivity index (χ3n) is 3.49. The zero-order valence-electron chi connectivity index (χ0n) is 14.3. The lowest BCUT2D eigenvalue weighted by Crippen LogP contribution is -2.37. The van der Waals surface area contributed by atoms with Gasteiger partial charge in [0, 0.05) is 30.9 Å². The summed E-state index contributed by atoms with van der Waals surface area (Å²) in [6, 6.07) is 9.95. The van der Waals surface area contributed by atoms with E-state index in [2.05, 4.69) is 10.6 Å². The van der Waals surface area contributed by atoms with Crippen LogP contribution < -0.4 is 10.6 Å². The first kappa shape index (κ1) is 18.5. The molecule has 0 fully saturated rings. The molecule has 2 aromatic rings. The molecule has 0 aliphatic rings. The molecular formula is C17H22N4O4. The highest BCUT2D eigenvalue weighted by Crippen LogP contribution is 2.14. The van der Waals surface area contributed by atoms with E-state index in [0.717, 1.165) is 17.2 Å². The number of nitrogens with zero attached hydrogens (tertiary/aromatic N) is 2. The number of amides is 1. The number of nitro groups is 1. The number of carbonyl (C=O) groups excluding carboxylic acids is 1. The molecule has 2 rings (SSSR count). The molecule has 1 amide bonds. The Morgan fingerprint density at radius 2 is 1.92 bits per heavy atom. The van der Waals surface area contributed by atoms with E-state index < -0.39 is 4.92 Å². The number of rotatable bonds is 9. The second kappa shape index (κ2) is 8.84. The fourth-order valence-electron chi connectivity index (χ4n) is 2.30. The SMILES string of the molecule is Cc1ccc(CN(C)CC(=O)NCCNc2ccc([N+](=O)[O-])cc2)o1. The van der Waals surface area contributed by atoms with Gasteiger partial charge in [0.05, 0.1) is 18.0 Å². The Labute approximate surface area is 146 Å². The van der Waals surface area contributed by atoms with Crippen molar-refractivity contribution < 1.29 is 14.1 Å². The Kier molecular flexibility index (Phi) is 6.53. The van der Waals surface area contributed by atoms with E-state index in [1.165, 1.54) is 12.1 Å². The van der Waals surface area contributed by atoms with Crippen molar-refractivity contribution >= 4 is 17.3 Å². The molecule has 1 heterocycles. The molecule has 8 nitrogen and oxygen atoms in total. The molecule has 0 saturated carbocycles. The van der Waals surface area contributed by atoms with Gasteiger partial charge in [0.2, 0.25) is 5.91 Å². The molecule has 0 saturated heterocycles. The molecule has 0 atom stereocenters. The molecule has 1 aromatic carbocycles. The number of furan rings is 1. The van der Waals surface area contributed by atoms with Crippen LogP contribution in [0.2, 0.25) is 0 Å². The molecule has 0 bridgehead atoms. The number of carbonyl (C=O) groups is 1. The van der Waals surface area contributed by atoms with Gasteiger partial charge in [-0.05, 0) is 38.2 Å². The second-order valence-electron chi connectivity index (χ2n) is 5.77. The summed E-state index contributed by atoms with van der Waals surface area (Å²) in [4.78, 5) is 23.9. The molecule has 0 radical (unpaired) electrons. The van der Waals surface area contributed by atoms with Crippen molar-refractivity contribution in [3.05, 3.63) is 58.0 Å². The van der Waals surface area contributed by atoms with Gasteiger partial charge in [0.1, 0.15) is 11.5 Å². The van der Waals surface area contributed by atoms with E-state index in [-0.39, 0.29) is 18.1 Å². The zero-order chi connectivity index (χ0) is 18.2. The molecule has 0 aliphatic heterocycles. The number of hydrogen-bond acceptors (Lipinski definition) is 6. The number of benzene rings is 1. The number of nitrogens with one attached hydrogen (secondary N) is 2. The minimum absolute atomic E-state index is 0.0497. The van der Waals surface area contributed by atoms with E-state index >= 15 is 0 Å². The highest BCUT2D eigenvalue weighted by atomic mass is 16.6. The maximum absolute atomic E-state index is 11.9. The Balaban J connectivity index is 1.63. The number of anilines is 1. The van der Waals surface area contributed by atoms with Crippen LogP contribution in [-0.2, 0) is 11.3 Å². The molecule has 8 heteroatoms. The number of likely N-dealkylation sites (N-methyl/N-ethyl adjacent to an activating group) is 1. The van der Waals surface area contributed by atoms with Gasteiger partial charge in [-0.1, -0.05) is 0 Å². The van der Waals surface area contributed by atoms with E-state index in [1.54, 1.807) is 12.1 Å². The lowest BCUT2D eigenvalue weighted by atomic mass is 10.3. The van der Waals surface area contributed by atoms with Gasteiger partial charge in [-0.2, -0.15) is 0 Å². The van der Waals surface area contributed by atoms with Gasteiger partial charge in [0.15, 0.2) is 0 Å². The highest BCUT2D eigenvalue weighted by Gasteiger charge is 2.09. The Morgan fingerprint density at radius 1 is 1.20 bits per heavy atom. The predicted molar refractivity (Wildman–Crippen MR) is 94.4 cm³/mol. The van der Waals surface area contributed by atoms with Gasteiger partial charge < -0.3 is 15.1 Å². The minimum Gasteiger partial charge on any atom is -0.465 e. The fraction of sp³-hybridized carbons (Fsp3) is 0.353. The minimum atomic E-state index is -0.440. The van der Waals surface area contributed by atoms with E-state index in [0.29, 0.717) is 19.6 Å². The van der Waals surface area contributed by atoms with Crippen molar-refractivity contribution in [3.8, 4) is 0 Å². The lowest BCUT2D eigenvalue weighted by Gasteiger charge is -2.15. The van der Waals surface area contributed by atoms with E-state index in [4.69, 9.17) is 4.42 Å². The summed E-state index contributed by atoms with van der Waals surface area (Å²) in [5.41, 5.74) is 0.818. The normalized spacial score (nSPS) is 10.7. The van der Waals surface area contributed by atoms with Crippen molar-refractivity contribution in [2.24, 2.45) is 0 Å². The summed E-state index contributed by atoms with van der Waals surface area (Å²) in [5.74, 6) is 1.61. The van der Waals surface area contributed by atoms with Gasteiger partial charge in [-0.15, -0.1) is 0 Å². The summed E-state index contributed by atoms with van der Waals surface area (Å²) >= 11 is 0. The summed E-state index contributed by atoms with van der Waals surface area (Å²) in [7, 11) is 1.85.